The molecule has 0 aromatic heterocycles. The van der Waals surface area contributed by atoms with Crippen LogP contribution >= 0.6 is 0 Å². The van der Waals surface area contributed by atoms with Gasteiger partial charge in [0, 0.05) is 36.7 Å². The Kier molecular flexibility index (Phi) is 7.00. The molecule has 0 bridgehead atoms. The third kappa shape index (κ3) is 5.14. The average Bonchev–Trinajstić information content (AvgIpc) is 2.98. The van der Waals surface area contributed by atoms with Gasteiger partial charge in [0.15, 0.2) is 0 Å². The molecule has 2 N–H and O–H groups in total. The lowest BCUT2D eigenvalue weighted by atomic mass is 9.74. The zero-order valence-electron chi connectivity index (χ0n) is 17.8. The first-order chi connectivity index (χ1) is 15.1. The molecule has 1 amide bonds. The number of morpholine rings is 1. The Morgan fingerprint density at radius 1 is 1.10 bits per heavy atom. The van der Waals surface area contributed by atoms with Gasteiger partial charge in [-0.05, 0) is 49.4 Å². The van der Waals surface area contributed by atoms with Crippen molar-refractivity contribution in [2.75, 3.05) is 32.8 Å². The maximum atomic E-state index is 13.6. The van der Waals surface area contributed by atoms with Gasteiger partial charge in [-0.1, -0.05) is 36.4 Å². The minimum absolute atomic E-state index is 0.105. The maximum absolute atomic E-state index is 13.6. The molecule has 166 valence electrons. The van der Waals surface area contributed by atoms with Gasteiger partial charge in [-0.3, -0.25) is 9.69 Å². The molecular formula is C25H31FN2O3. The highest BCUT2D eigenvalue weighted by Crippen LogP contribution is 2.39. The number of aliphatic hydroxyl groups is 1. The number of carbonyl (C=O) groups is 1. The highest BCUT2D eigenvalue weighted by atomic mass is 19.1. The van der Waals surface area contributed by atoms with Crippen molar-refractivity contribution in [3.63, 3.8) is 0 Å². The van der Waals surface area contributed by atoms with Crippen LogP contribution in [0.3, 0.4) is 0 Å². The molecule has 1 aliphatic heterocycles. The first-order valence-corrected chi connectivity index (χ1v) is 11.2. The Bertz CT molecular complexity index is 872. The molecule has 5 nitrogen and oxygen atoms in total. The predicted octanol–water partition coefficient (Wildman–Crippen LogP) is 3.13. The van der Waals surface area contributed by atoms with Crippen LogP contribution in [0.2, 0.25) is 0 Å². The Morgan fingerprint density at radius 2 is 1.84 bits per heavy atom. The van der Waals surface area contributed by atoms with E-state index in [0.29, 0.717) is 31.7 Å². The van der Waals surface area contributed by atoms with Gasteiger partial charge in [0.1, 0.15) is 5.82 Å². The topological polar surface area (TPSA) is 61.8 Å². The number of rotatable bonds is 5. The fourth-order valence-electron chi connectivity index (χ4n) is 5.03. The number of hydrogen-bond donors (Lipinski definition) is 2. The zero-order valence-corrected chi connectivity index (χ0v) is 17.8. The summed E-state index contributed by atoms with van der Waals surface area (Å²) in [5.41, 5.74) is 1.22. The van der Waals surface area contributed by atoms with Crippen molar-refractivity contribution in [2.45, 2.75) is 43.2 Å². The number of aliphatic hydroxyl groups excluding tert-OH is 1. The summed E-state index contributed by atoms with van der Waals surface area (Å²) in [6.45, 7) is 3.55. The molecule has 2 fully saturated rings. The van der Waals surface area contributed by atoms with E-state index in [1.54, 1.807) is 12.1 Å². The van der Waals surface area contributed by atoms with Gasteiger partial charge in [0.25, 0.3) is 5.91 Å². The molecule has 2 aliphatic rings. The van der Waals surface area contributed by atoms with E-state index in [2.05, 4.69) is 22.3 Å². The minimum atomic E-state index is -0.420. The molecule has 2 aromatic carbocycles. The summed E-state index contributed by atoms with van der Waals surface area (Å²) in [6, 6.07) is 16.1. The first-order valence-electron chi connectivity index (χ1n) is 11.2. The largest absolute Gasteiger partial charge is 0.391 e. The predicted molar refractivity (Wildman–Crippen MR) is 118 cm³/mol. The fourth-order valence-corrected chi connectivity index (χ4v) is 5.03. The molecular weight excluding hydrogens is 395 g/mol. The summed E-state index contributed by atoms with van der Waals surface area (Å²) >= 11 is 0. The van der Waals surface area contributed by atoms with E-state index in [9.17, 15) is 14.3 Å². The van der Waals surface area contributed by atoms with Gasteiger partial charge in [-0.15, -0.1) is 0 Å². The molecule has 0 unspecified atom stereocenters. The highest BCUT2D eigenvalue weighted by Gasteiger charge is 2.40. The number of amides is 1. The lowest BCUT2D eigenvalue weighted by Crippen LogP contribution is -2.48. The lowest BCUT2D eigenvalue weighted by Gasteiger charge is -2.37. The van der Waals surface area contributed by atoms with Crippen LogP contribution in [0.25, 0.3) is 0 Å². The molecule has 1 saturated carbocycles. The summed E-state index contributed by atoms with van der Waals surface area (Å²) in [7, 11) is 0. The molecule has 0 spiro atoms. The normalized spacial score (nSPS) is 27.4. The van der Waals surface area contributed by atoms with Crippen molar-refractivity contribution in [2.24, 2.45) is 0 Å². The molecule has 6 heteroatoms. The monoisotopic (exact) mass is 426 g/mol. The Morgan fingerprint density at radius 3 is 2.58 bits per heavy atom. The van der Waals surface area contributed by atoms with Gasteiger partial charge >= 0.3 is 0 Å². The quantitative estimate of drug-likeness (QED) is 0.722. The smallest absolute Gasteiger partial charge is 0.251 e. The van der Waals surface area contributed by atoms with E-state index in [1.165, 1.54) is 17.7 Å². The van der Waals surface area contributed by atoms with Crippen LogP contribution in [0, 0.1) is 5.82 Å². The van der Waals surface area contributed by atoms with Crippen LogP contribution in [0.1, 0.15) is 41.6 Å². The number of nitrogens with one attached hydrogen (secondary N) is 1. The number of ether oxygens (including phenoxy) is 1. The van der Waals surface area contributed by atoms with Crippen LogP contribution < -0.4 is 5.32 Å². The van der Waals surface area contributed by atoms with Gasteiger partial charge in [0.2, 0.25) is 0 Å². The van der Waals surface area contributed by atoms with Crippen LogP contribution in [0.15, 0.2) is 54.6 Å². The van der Waals surface area contributed by atoms with Gasteiger partial charge < -0.3 is 15.2 Å². The molecule has 1 aliphatic carbocycles. The molecule has 3 atom stereocenters. The summed E-state index contributed by atoms with van der Waals surface area (Å²) in [5.74, 6) is -0.694. The average molecular weight is 427 g/mol. The third-order valence-electron chi connectivity index (χ3n) is 6.86. The molecule has 2 aromatic rings. The van der Waals surface area contributed by atoms with Crippen LogP contribution in [-0.2, 0) is 10.2 Å². The lowest BCUT2D eigenvalue weighted by molar-refractivity contribution is -0.0236. The maximum Gasteiger partial charge on any atom is 0.251 e. The second-order valence-electron chi connectivity index (χ2n) is 8.70. The second kappa shape index (κ2) is 9.90. The standard InChI is InChI=1S/C25H31FN2O3/c26-21-8-4-5-19(17-21)24(30)27-18-25(20-6-2-1-3-7-20)11-9-22(23(29)10-12-25)28-13-15-31-16-14-28/h1-8,17,22-23,29H,9-16,18H2,(H,27,30)/t22-,23-,25-/m1/s1. The van der Waals surface area contributed by atoms with Crippen molar-refractivity contribution in [3.8, 4) is 0 Å². The number of halogens is 1. The first kappa shape index (κ1) is 21.9. The molecule has 31 heavy (non-hydrogen) atoms. The minimum Gasteiger partial charge on any atom is -0.391 e. The highest BCUT2D eigenvalue weighted by molar-refractivity contribution is 5.94. The van der Waals surface area contributed by atoms with E-state index in [-0.39, 0.29) is 17.4 Å². The third-order valence-corrected chi connectivity index (χ3v) is 6.86. The molecule has 0 radical (unpaired) electrons. The van der Waals surface area contributed by atoms with Gasteiger partial charge in [-0.2, -0.15) is 0 Å². The van der Waals surface area contributed by atoms with E-state index in [4.69, 9.17) is 4.74 Å². The van der Waals surface area contributed by atoms with Gasteiger partial charge in [0.05, 0.1) is 19.3 Å². The van der Waals surface area contributed by atoms with Crippen LogP contribution in [0.5, 0.6) is 0 Å². The summed E-state index contributed by atoms with van der Waals surface area (Å²) in [5, 5.41) is 14.0. The van der Waals surface area contributed by atoms with Crippen molar-refractivity contribution < 1.29 is 19.0 Å². The number of carbonyl (C=O) groups excluding carboxylic acids is 1. The van der Waals surface area contributed by atoms with Crippen molar-refractivity contribution in [1.29, 1.82) is 0 Å². The van der Waals surface area contributed by atoms with Crippen molar-refractivity contribution >= 4 is 5.91 Å². The van der Waals surface area contributed by atoms with Crippen molar-refractivity contribution in [3.05, 3.63) is 71.5 Å². The number of nitrogens with zero attached hydrogens (tertiary/aromatic N) is 1. The van der Waals surface area contributed by atoms with Gasteiger partial charge in [-0.25, -0.2) is 4.39 Å². The van der Waals surface area contributed by atoms with E-state index in [1.807, 2.05) is 18.2 Å². The Balaban J connectivity index is 1.53. The molecule has 4 rings (SSSR count). The fraction of sp³-hybridized carbons (Fsp3) is 0.480. The Hall–Kier alpha value is -2.28. The molecule has 1 heterocycles. The Labute approximate surface area is 183 Å². The van der Waals surface area contributed by atoms with E-state index < -0.39 is 11.9 Å². The summed E-state index contributed by atoms with van der Waals surface area (Å²) in [4.78, 5) is 15.1. The summed E-state index contributed by atoms with van der Waals surface area (Å²) < 4.78 is 19.0. The van der Waals surface area contributed by atoms with E-state index in [0.717, 1.165) is 32.4 Å². The van der Waals surface area contributed by atoms with Crippen LogP contribution in [0.4, 0.5) is 4.39 Å². The SMILES string of the molecule is O=C(NC[C@]1(c2ccccc2)CC[C@@H](O)[C@H](N2CCOCC2)CC1)c1cccc(F)c1. The number of benzene rings is 2. The summed E-state index contributed by atoms with van der Waals surface area (Å²) in [6.07, 6.45) is 2.77. The van der Waals surface area contributed by atoms with Crippen molar-refractivity contribution in [1.82, 2.24) is 10.2 Å². The number of hydrogen-bond acceptors (Lipinski definition) is 4. The van der Waals surface area contributed by atoms with E-state index >= 15 is 0 Å². The van der Waals surface area contributed by atoms with Crippen LogP contribution in [-0.4, -0.2) is 60.9 Å². The molecule has 1 saturated heterocycles. The second-order valence-corrected chi connectivity index (χ2v) is 8.70. The zero-order chi connectivity index (χ0) is 21.7.